The average molecular weight is 409 g/mol. The predicted octanol–water partition coefficient (Wildman–Crippen LogP) is 5.25. The van der Waals surface area contributed by atoms with Crippen molar-refractivity contribution in [2.45, 2.75) is 58.7 Å². The van der Waals surface area contributed by atoms with Crippen LogP contribution >= 0.6 is 0 Å². The number of carbonyl (C=O) groups excluding carboxylic acids is 1. The molecule has 1 amide bonds. The van der Waals surface area contributed by atoms with Gasteiger partial charge in [0, 0.05) is 6.54 Å². The van der Waals surface area contributed by atoms with Crippen LogP contribution in [0.4, 0.5) is 0 Å². The van der Waals surface area contributed by atoms with E-state index in [1.54, 1.807) is 7.11 Å². The van der Waals surface area contributed by atoms with Gasteiger partial charge in [0.25, 0.3) is 0 Å². The first-order valence-electron chi connectivity index (χ1n) is 11.1. The topological polar surface area (TPSA) is 32.8 Å². The summed E-state index contributed by atoms with van der Waals surface area (Å²) in [6, 6.07) is 16.9. The zero-order valence-electron chi connectivity index (χ0n) is 19.3. The zero-order chi connectivity index (χ0) is 21.8. The molecule has 0 aromatic heterocycles. The van der Waals surface area contributed by atoms with Crippen molar-refractivity contribution in [3.63, 3.8) is 0 Å². The van der Waals surface area contributed by atoms with Gasteiger partial charge in [0.05, 0.1) is 13.2 Å². The minimum absolute atomic E-state index is 0.0132. The third kappa shape index (κ3) is 4.86. The summed E-state index contributed by atoms with van der Waals surface area (Å²) in [6.45, 7) is 9.50. The lowest BCUT2D eigenvalue weighted by Gasteiger charge is -2.29. The van der Waals surface area contributed by atoms with E-state index < -0.39 is 0 Å². The lowest BCUT2D eigenvalue weighted by molar-refractivity contribution is -0.130. The monoisotopic (exact) mass is 408 g/mol. The number of amides is 1. The largest absolute Gasteiger partial charge is 0.497 e. The standard InChI is InChI=1S/C26H36N2O2/c1-18(2)17-24-26(29)28(16-15-20-7-13-23(30-6)14-8-20)25(27(24)5)22-11-9-21(10-12-22)19(3)4/h7-14,18-19,24-25H,15-17H2,1-6H3/t24-,25-/m0/s1. The second-order valence-electron chi connectivity index (χ2n) is 9.14. The molecule has 0 spiro atoms. The van der Waals surface area contributed by atoms with Crippen molar-refractivity contribution < 1.29 is 9.53 Å². The Labute approximate surface area is 181 Å². The SMILES string of the molecule is COc1ccc(CCN2C(=O)[C@H](CC(C)C)N(C)[C@@H]2c2ccc(C(C)C)cc2)cc1. The van der Waals surface area contributed by atoms with E-state index >= 15 is 0 Å². The molecule has 3 rings (SSSR count). The number of rotatable bonds is 8. The third-order valence-electron chi connectivity index (χ3n) is 6.14. The van der Waals surface area contributed by atoms with Gasteiger partial charge in [-0.1, -0.05) is 64.1 Å². The summed E-state index contributed by atoms with van der Waals surface area (Å²) in [5.74, 6) is 2.09. The number of likely N-dealkylation sites (N-methyl/N-ethyl adjacent to an activating group) is 1. The Morgan fingerprint density at radius 1 is 0.967 bits per heavy atom. The summed E-state index contributed by atoms with van der Waals surface area (Å²) in [6.07, 6.45) is 1.70. The normalized spacial score (nSPS) is 19.9. The average Bonchev–Trinajstić information content (AvgIpc) is 2.96. The number of methoxy groups -OCH3 is 1. The van der Waals surface area contributed by atoms with Crippen molar-refractivity contribution >= 4 is 5.91 Å². The Hall–Kier alpha value is -2.33. The molecule has 1 fully saturated rings. The third-order valence-corrected chi connectivity index (χ3v) is 6.14. The highest BCUT2D eigenvalue weighted by molar-refractivity contribution is 5.84. The molecule has 0 bridgehead atoms. The van der Waals surface area contributed by atoms with Gasteiger partial charge >= 0.3 is 0 Å². The van der Waals surface area contributed by atoms with Crippen molar-refractivity contribution in [3.8, 4) is 5.75 Å². The smallest absolute Gasteiger partial charge is 0.241 e. The Bertz CT molecular complexity index is 827. The van der Waals surface area contributed by atoms with Gasteiger partial charge in [-0.25, -0.2) is 0 Å². The van der Waals surface area contributed by atoms with E-state index in [-0.39, 0.29) is 18.1 Å². The number of hydrogen-bond acceptors (Lipinski definition) is 3. The number of carbonyl (C=O) groups is 1. The summed E-state index contributed by atoms with van der Waals surface area (Å²) in [5, 5.41) is 0. The fraction of sp³-hybridized carbons (Fsp3) is 0.500. The number of nitrogens with zero attached hydrogens (tertiary/aromatic N) is 2. The van der Waals surface area contributed by atoms with Crippen LogP contribution in [0.2, 0.25) is 0 Å². The maximum Gasteiger partial charge on any atom is 0.241 e. The number of hydrogen-bond donors (Lipinski definition) is 0. The number of benzene rings is 2. The maximum absolute atomic E-state index is 13.4. The lowest BCUT2D eigenvalue weighted by Crippen LogP contribution is -2.33. The van der Waals surface area contributed by atoms with E-state index in [9.17, 15) is 4.79 Å². The predicted molar refractivity (Wildman–Crippen MR) is 123 cm³/mol. The molecular weight excluding hydrogens is 372 g/mol. The van der Waals surface area contributed by atoms with Gasteiger partial charge in [0.2, 0.25) is 5.91 Å². The molecule has 0 aliphatic carbocycles. The van der Waals surface area contributed by atoms with Crippen LogP contribution in [-0.2, 0) is 11.2 Å². The van der Waals surface area contributed by atoms with Crippen molar-refractivity contribution in [2.24, 2.45) is 5.92 Å². The van der Waals surface area contributed by atoms with Crippen LogP contribution < -0.4 is 4.74 Å². The highest BCUT2D eigenvalue weighted by Crippen LogP contribution is 2.36. The molecular formula is C26H36N2O2. The summed E-state index contributed by atoms with van der Waals surface area (Å²) in [7, 11) is 3.77. The van der Waals surface area contributed by atoms with Crippen molar-refractivity contribution in [1.29, 1.82) is 0 Å². The zero-order valence-corrected chi connectivity index (χ0v) is 19.3. The van der Waals surface area contributed by atoms with Crippen molar-refractivity contribution in [3.05, 3.63) is 65.2 Å². The Morgan fingerprint density at radius 2 is 1.60 bits per heavy atom. The van der Waals surface area contributed by atoms with E-state index in [0.717, 1.165) is 18.6 Å². The molecule has 0 radical (unpaired) electrons. The molecule has 2 aromatic rings. The van der Waals surface area contributed by atoms with Gasteiger partial charge in [-0.3, -0.25) is 9.69 Å². The fourth-order valence-corrected chi connectivity index (χ4v) is 4.33. The first-order chi connectivity index (χ1) is 14.3. The minimum Gasteiger partial charge on any atom is -0.497 e. The molecule has 1 aliphatic rings. The Kier molecular flexibility index (Phi) is 7.19. The highest BCUT2D eigenvalue weighted by atomic mass is 16.5. The van der Waals surface area contributed by atoms with Gasteiger partial charge < -0.3 is 9.64 Å². The second kappa shape index (κ2) is 9.65. The molecule has 1 heterocycles. The molecule has 162 valence electrons. The Balaban J connectivity index is 1.84. The van der Waals surface area contributed by atoms with Gasteiger partial charge in [0.1, 0.15) is 11.9 Å². The maximum atomic E-state index is 13.4. The highest BCUT2D eigenvalue weighted by Gasteiger charge is 2.44. The molecule has 0 unspecified atom stereocenters. The molecule has 2 atom stereocenters. The van der Waals surface area contributed by atoms with E-state index in [2.05, 4.69) is 80.9 Å². The van der Waals surface area contributed by atoms with E-state index in [1.165, 1.54) is 16.7 Å². The van der Waals surface area contributed by atoms with Crippen LogP contribution in [0.5, 0.6) is 5.75 Å². The first-order valence-corrected chi connectivity index (χ1v) is 11.1. The molecule has 4 nitrogen and oxygen atoms in total. The van der Waals surface area contributed by atoms with E-state index in [0.29, 0.717) is 18.4 Å². The number of ether oxygens (including phenoxy) is 1. The molecule has 1 saturated heterocycles. The van der Waals surface area contributed by atoms with Gasteiger partial charge in [0.15, 0.2) is 0 Å². The van der Waals surface area contributed by atoms with Crippen LogP contribution in [0.25, 0.3) is 0 Å². The molecule has 1 aliphatic heterocycles. The van der Waals surface area contributed by atoms with E-state index in [4.69, 9.17) is 4.74 Å². The van der Waals surface area contributed by atoms with Gasteiger partial charge in [-0.05, 0) is 60.5 Å². The summed E-state index contributed by atoms with van der Waals surface area (Å²) in [4.78, 5) is 17.7. The van der Waals surface area contributed by atoms with Crippen LogP contribution in [0.3, 0.4) is 0 Å². The fourth-order valence-electron chi connectivity index (χ4n) is 4.33. The van der Waals surface area contributed by atoms with Crippen LogP contribution in [0, 0.1) is 5.92 Å². The minimum atomic E-state index is -0.0596. The molecule has 2 aromatic carbocycles. The molecule has 0 saturated carbocycles. The van der Waals surface area contributed by atoms with Crippen LogP contribution in [-0.4, -0.2) is 42.5 Å². The van der Waals surface area contributed by atoms with Crippen LogP contribution in [0.1, 0.15) is 62.9 Å². The molecule has 4 heteroatoms. The summed E-state index contributed by atoms with van der Waals surface area (Å²) >= 11 is 0. The Morgan fingerprint density at radius 3 is 2.13 bits per heavy atom. The van der Waals surface area contributed by atoms with Gasteiger partial charge in [-0.15, -0.1) is 0 Å². The van der Waals surface area contributed by atoms with Crippen molar-refractivity contribution in [1.82, 2.24) is 9.80 Å². The van der Waals surface area contributed by atoms with Crippen molar-refractivity contribution in [2.75, 3.05) is 20.7 Å². The van der Waals surface area contributed by atoms with Crippen LogP contribution in [0.15, 0.2) is 48.5 Å². The second-order valence-corrected chi connectivity index (χ2v) is 9.14. The lowest BCUT2D eigenvalue weighted by atomic mass is 10.0. The molecule has 30 heavy (non-hydrogen) atoms. The first kappa shape index (κ1) is 22.4. The van der Waals surface area contributed by atoms with Gasteiger partial charge in [-0.2, -0.15) is 0 Å². The summed E-state index contributed by atoms with van der Waals surface area (Å²) in [5.41, 5.74) is 3.73. The molecule has 0 N–H and O–H groups in total. The summed E-state index contributed by atoms with van der Waals surface area (Å²) < 4.78 is 5.26. The van der Waals surface area contributed by atoms with E-state index in [1.807, 2.05) is 12.1 Å². The quantitative estimate of drug-likeness (QED) is 0.598.